The topological polar surface area (TPSA) is 41.5 Å². The van der Waals surface area contributed by atoms with Crippen LogP contribution >= 0.6 is 0 Å². The zero-order valence-electron chi connectivity index (χ0n) is 9.44. The molecule has 0 bridgehead atoms. The van der Waals surface area contributed by atoms with Gasteiger partial charge >= 0.3 is 0 Å². The number of amidine groups is 1. The third kappa shape index (κ3) is 2.48. The number of hydrogen-bond donors (Lipinski definition) is 1. The molecule has 0 radical (unpaired) electrons. The minimum absolute atomic E-state index is 0.0349. The SMILES string of the molecule is CCCC1=NC(=O)C(Cc2ccccc2)N1. The quantitative estimate of drug-likeness (QED) is 0.835. The number of benzene rings is 1. The Kier molecular flexibility index (Phi) is 3.34. The van der Waals surface area contributed by atoms with Gasteiger partial charge in [0, 0.05) is 12.8 Å². The Balaban J connectivity index is 1.97. The van der Waals surface area contributed by atoms with Gasteiger partial charge in [0.15, 0.2) is 0 Å². The van der Waals surface area contributed by atoms with Gasteiger partial charge in [-0.2, -0.15) is 4.99 Å². The third-order valence-electron chi connectivity index (χ3n) is 2.65. The maximum Gasteiger partial charge on any atom is 0.270 e. The summed E-state index contributed by atoms with van der Waals surface area (Å²) in [5.74, 6) is 0.806. The molecule has 1 unspecified atom stereocenters. The maximum atomic E-state index is 11.6. The molecular weight excluding hydrogens is 200 g/mol. The fourth-order valence-electron chi connectivity index (χ4n) is 1.86. The van der Waals surface area contributed by atoms with Crippen LogP contribution in [0.4, 0.5) is 0 Å². The highest BCUT2D eigenvalue weighted by atomic mass is 16.2. The summed E-state index contributed by atoms with van der Waals surface area (Å²) in [6.45, 7) is 2.08. The molecule has 1 atom stereocenters. The lowest BCUT2D eigenvalue weighted by Crippen LogP contribution is -2.34. The van der Waals surface area contributed by atoms with Crippen LogP contribution in [0.3, 0.4) is 0 Å². The summed E-state index contributed by atoms with van der Waals surface area (Å²) in [6.07, 6.45) is 2.59. The minimum atomic E-state index is -0.163. The number of nitrogens with one attached hydrogen (secondary N) is 1. The third-order valence-corrected chi connectivity index (χ3v) is 2.65. The largest absolute Gasteiger partial charge is 0.361 e. The van der Waals surface area contributed by atoms with Crippen molar-refractivity contribution in [3.05, 3.63) is 35.9 Å². The zero-order chi connectivity index (χ0) is 11.4. The van der Waals surface area contributed by atoms with Crippen molar-refractivity contribution in [3.8, 4) is 0 Å². The second-order valence-electron chi connectivity index (χ2n) is 4.03. The van der Waals surface area contributed by atoms with Crippen LogP contribution in [0.1, 0.15) is 25.3 Å². The molecule has 0 aromatic heterocycles. The van der Waals surface area contributed by atoms with E-state index in [1.54, 1.807) is 0 Å². The van der Waals surface area contributed by atoms with E-state index in [0.29, 0.717) is 0 Å². The molecular formula is C13H16N2O. The standard InChI is InChI=1S/C13H16N2O/c1-2-6-12-14-11(13(16)15-12)9-10-7-4-3-5-8-10/h3-5,7-8,11H,2,6,9H2,1H3,(H,14,15,16). The second kappa shape index (κ2) is 4.92. The monoisotopic (exact) mass is 216 g/mol. The average molecular weight is 216 g/mol. The molecule has 3 heteroatoms. The highest BCUT2D eigenvalue weighted by molar-refractivity contribution is 6.03. The Bertz CT molecular complexity index is 398. The first-order chi connectivity index (χ1) is 7.79. The van der Waals surface area contributed by atoms with Gasteiger partial charge in [-0.15, -0.1) is 0 Å². The molecule has 1 aliphatic heterocycles. The van der Waals surface area contributed by atoms with Crippen molar-refractivity contribution in [3.63, 3.8) is 0 Å². The zero-order valence-corrected chi connectivity index (χ0v) is 9.44. The highest BCUT2D eigenvalue weighted by Crippen LogP contribution is 2.09. The number of carbonyl (C=O) groups excluding carboxylic acids is 1. The van der Waals surface area contributed by atoms with Gasteiger partial charge in [-0.3, -0.25) is 4.79 Å². The lowest BCUT2D eigenvalue weighted by molar-refractivity contribution is -0.118. The van der Waals surface area contributed by atoms with Gasteiger partial charge in [0.2, 0.25) is 0 Å². The molecule has 3 nitrogen and oxygen atoms in total. The summed E-state index contributed by atoms with van der Waals surface area (Å²) in [7, 11) is 0. The molecule has 0 saturated carbocycles. The summed E-state index contributed by atoms with van der Waals surface area (Å²) >= 11 is 0. The number of aliphatic imine (C=N–C) groups is 1. The summed E-state index contributed by atoms with van der Waals surface area (Å²) in [5, 5.41) is 3.19. The normalized spacial score (nSPS) is 19.4. The molecule has 1 N–H and O–H groups in total. The molecule has 0 aliphatic carbocycles. The van der Waals surface area contributed by atoms with Gasteiger partial charge in [0.1, 0.15) is 11.9 Å². The lowest BCUT2D eigenvalue weighted by Gasteiger charge is -2.09. The molecule has 1 aromatic carbocycles. The molecule has 0 saturated heterocycles. The van der Waals surface area contributed by atoms with Gasteiger partial charge in [0.25, 0.3) is 5.91 Å². The van der Waals surface area contributed by atoms with E-state index in [9.17, 15) is 4.79 Å². The first-order valence-electron chi connectivity index (χ1n) is 5.71. The smallest absolute Gasteiger partial charge is 0.270 e. The molecule has 84 valence electrons. The van der Waals surface area contributed by atoms with Gasteiger partial charge in [0.05, 0.1) is 0 Å². The van der Waals surface area contributed by atoms with Crippen LogP contribution in [-0.4, -0.2) is 17.8 Å². The van der Waals surface area contributed by atoms with E-state index < -0.39 is 0 Å². The molecule has 16 heavy (non-hydrogen) atoms. The van der Waals surface area contributed by atoms with Crippen molar-refractivity contribution in [1.82, 2.24) is 5.32 Å². The Hall–Kier alpha value is -1.64. The number of rotatable bonds is 4. The van der Waals surface area contributed by atoms with E-state index in [4.69, 9.17) is 0 Å². The summed E-state index contributed by atoms with van der Waals surface area (Å²) in [5.41, 5.74) is 1.17. The Morgan fingerprint density at radius 1 is 1.31 bits per heavy atom. The molecule has 0 fully saturated rings. The molecule has 1 heterocycles. The van der Waals surface area contributed by atoms with E-state index in [0.717, 1.165) is 25.1 Å². The average Bonchev–Trinajstić information content (AvgIpc) is 2.61. The highest BCUT2D eigenvalue weighted by Gasteiger charge is 2.25. The van der Waals surface area contributed by atoms with Crippen LogP contribution < -0.4 is 5.32 Å². The number of amides is 1. The second-order valence-corrected chi connectivity index (χ2v) is 4.03. The van der Waals surface area contributed by atoms with Gasteiger partial charge in [-0.05, 0) is 12.0 Å². The van der Waals surface area contributed by atoms with Crippen molar-refractivity contribution < 1.29 is 4.79 Å². The molecule has 0 spiro atoms. The first kappa shape index (κ1) is 10.9. The van der Waals surface area contributed by atoms with E-state index in [1.807, 2.05) is 30.3 Å². The van der Waals surface area contributed by atoms with Crippen molar-refractivity contribution in [1.29, 1.82) is 0 Å². The van der Waals surface area contributed by atoms with Crippen LogP contribution in [0.2, 0.25) is 0 Å². The molecule has 1 aromatic rings. The van der Waals surface area contributed by atoms with E-state index in [2.05, 4.69) is 17.2 Å². The van der Waals surface area contributed by atoms with Crippen LogP contribution in [0.25, 0.3) is 0 Å². The summed E-state index contributed by atoms with van der Waals surface area (Å²) in [4.78, 5) is 15.6. The van der Waals surface area contributed by atoms with Crippen molar-refractivity contribution in [2.45, 2.75) is 32.2 Å². The van der Waals surface area contributed by atoms with Crippen LogP contribution in [-0.2, 0) is 11.2 Å². The number of hydrogen-bond acceptors (Lipinski definition) is 2. The Morgan fingerprint density at radius 2 is 2.06 bits per heavy atom. The van der Waals surface area contributed by atoms with E-state index >= 15 is 0 Å². The summed E-state index contributed by atoms with van der Waals surface area (Å²) < 4.78 is 0. The van der Waals surface area contributed by atoms with Gasteiger partial charge in [-0.1, -0.05) is 37.3 Å². The summed E-state index contributed by atoms with van der Waals surface area (Å²) in [6, 6.07) is 9.86. The van der Waals surface area contributed by atoms with Crippen molar-refractivity contribution >= 4 is 11.7 Å². The van der Waals surface area contributed by atoms with Gasteiger partial charge < -0.3 is 5.32 Å². The fourth-order valence-corrected chi connectivity index (χ4v) is 1.86. The predicted octanol–water partition coefficient (Wildman–Crippen LogP) is 1.93. The minimum Gasteiger partial charge on any atom is -0.361 e. The van der Waals surface area contributed by atoms with E-state index in [1.165, 1.54) is 5.56 Å². The molecule has 1 amide bonds. The first-order valence-corrected chi connectivity index (χ1v) is 5.71. The Morgan fingerprint density at radius 3 is 2.75 bits per heavy atom. The fraction of sp³-hybridized carbons (Fsp3) is 0.385. The molecule has 1 aliphatic rings. The van der Waals surface area contributed by atoms with Crippen LogP contribution in [0, 0.1) is 0 Å². The lowest BCUT2D eigenvalue weighted by atomic mass is 10.1. The maximum absolute atomic E-state index is 11.6. The van der Waals surface area contributed by atoms with Crippen molar-refractivity contribution in [2.75, 3.05) is 0 Å². The number of carbonyl (C=O) groups is 1. The van der Waals surface area contributed by atoms with E-state index in [-0.39, 0.29) is 11.9 Å². The number of nitrogens with zero attached hydrogens (tertiary/aromatic N) is 1. The van der Waals surface area contributed by atoms with Crippen LogP contribution in [0.5, 0.6) is 0 Å². The van der Waals surface area contributed by atoms with Gasteiger partial charge in [-0.25, -0.2) is 0 Å². The van der Waals surface area contributed by atoms with Crippen LogP contribution in [0.15, 0.2) is 35.3 Å². The Labute approximate surface area is 95.6 Å². The molecule has 2 rings (SSSR count). The predicted molar refractivity (Wildman–Crippen MR) is 64.4 cm³/mol. The van der Waals surface area contributed by atoms with Crippen molar-refractivity contribution in [2.24, 2.45) is 4.99 Å².